The number of carbonyl (C=O) groups is 4. The van der Waals surface area contributed by atoms with E-state index in [1.54, 1.807) is 0 Å². The first-order valence-corrected chi connectivity index (χ1v) is 43.5. The van der Waals surface area contributed by atoms with Crippen LogP contribution in [0.4, 0.5) is 0 Å². The lowest BCUT2D eigenvalue weighted by molar-refractivity contribution is -0.161. The average Bonchev–Trinajstić information content (AvgIpc) is 1.76. The highest BCUT2D eigenvalue weighted by atomic mass is 31.2. The maximum atomic E-state index is 13.1. The largest absolute Gasteiger partial charge is 0.472 e. The van der Waals surface area contributed by atoms with Crippen LogP contribution in [0.15, 0.2) is 0 Å². The van der Waals surface area contributed by atoms with Crippen molar-refractivity contribution in [2.75, 3.05) is 39.6 Å². The summed E-state index contributed by atoms with van der Waals surface area (Å²) in [6.07, 6.45) is 58.1. The van der Waals surface area contributed by atoms with Gasteiger partial charge in [-0.05, 0) is 37.5 Å². The van der Waals surface area contributed by atoms with E-state index in [2.05, 4.69) is 41.5 Å². The van der Waals surface area contributed by atoms with Gasteiger partial charge in [-0.1, -0.05) is 356 Å². The maximum absolute atomic E-state index is 13.1. The van der Waals surface area contributed by atoms with Crippen LogP contribution in [0.25, 0.3) is 0 Å². The van der Waals surface area contributed by atoms with Crippen LogP contribution in [0.2, 0.25) is 0 Å². The van der Waals surface area contributed by atoms with Crippen molar-refractivity contribution in [2.24, 2.45) is 11.8 Å². The minimum absolute atomic E-state index is 0.106. The molecule has 0 aromatic heterocycles. The Kier molecular flexibility index (Phi) is 68.4. The third-order valence-corrected chi connectivity index (χ3v) is 20.5. The van der Waals surface area contributed by atoms with Crippen LogP contribution < -0.4 is 0 Å². The number of carbonyl (C=O) groups excluding carboxylic acids is 4. The number of phosphoric acid groups is 2. The van der Waals surface area contributed by atoms with Gasteiger partial charge in [0.1, 0.15) is 19.3 Å². The molecule has 17 nitrogen and oxygen atoms in total. The SMILES string of the molecule is CCCCCCCCCCCCCCCCCC(=O)OC[C@H](COP(=O)(O)OC[C@@H](O)COP(=O)(O)OC[C@@H](COC(=O)CCCCCCCCCCCCCC)OC(=O)CCCCCCCCCCCC(C)C)OC(=O)CCCCCCCCCCCCCCCCC(C)CC. The molecule has 576 valence electrons. The number of ether oxygens (including phenoxy) is 4. The Balaban J connectivity index is 5.25. The zero-order valence-electron chi connectivity index (χ0n) is 63.4. The second-order valence-corrected chi connectivity index (χ2v) is 31.7. The summed E-state index contributed by atoms with van der Waals surface area (Å²) in [6, 6.07) is 0. The fourth-order valence-corrected chi connectivity index (χ4v) is 13.6. The monoisotopic (exact) mass is 1420 g/mol. The van der Waals surface area contributed by atoms with Gasteiger partial charge in [0, 0.05) is 25.7 Å². The predicted octanol–water partition coefficient (Wildman–Crippen LogP) is 23.1. The molecule has 0 bridgehead atoms. The first kappa shape index (κ1) is 95.1. The molecule has 0 rings (SSSR count). The molecule has 3 N–H and O–H groups in total. The summed E-state index contributed by atoms with van der Waals surface area (Å²) in [5.74, 6) is -0.529. The normalized spacial score (nSPS) is 14.2. The molecular weight excluding hydrogens is 1270 g/mol. The van der Waals surface area contributed by atoms with Gasteiger partial charge in [0.05, 0.1) is 26.4 Å². The molecule has 3 unspecified atom stereocenters. The Hall–Kier alpha value is -1.94. The minimum atomic E-state index is -4.96. The first-order chi connectivity index (χ1) is 46.9. The molecular formula is C78H152O17P2. The maximum Gasteiger partial charge on any atom is 0.472 e. The van der Waals surface area contributed by atoms with Crippen LogP contribution in [-0.2, 0) is 65.4 Å². The predicted molar refractivity (Wildman–Crippen MR) is 395 cm³/mol. The molecule has 19 heteroatoms. The molecule has 0 aliphatic rings. The van der Waals surface area contributed by atoms with Gasteiger partial charge < -0.3 is 33.8 Å². The van der Waals surface area contributed by atoms with Crippen molar-refractivity contribution in [2.45, 2.75) is 426 Å². The van der Waals surface area contributed by atoms with Crippen LogP contribution >= 0.6 is 15.6 Å². The zero-order chi connectivity index (χ0) is 71.4. The van der Waals surface area contributed by atoms with Crippen molar-refractivity contribution in [1.82, 2.24) is 0 Å². The third kappa shape index (κ3) is 70.9. The Morgan fingerprint density at radius 1 is 0.299 bits per heavy atom. The van der Waals surface area contributed by atoms with Crippen molar-refractivity contribution in [3.63, 3.8) is 0 Å². The molecule has 0 radical (unpaired) electrons. The fraction of sp³-hybridized carbons (Fsp3) is 0.949. The number of hydrogen-bond acceptors (Lipinski definition) is 15. The molecule has 0 heterocycles. The Morgan fingerprint density at radius 3 is 0.784 bits per heavy atom. The molecule has 0 aliphatic heterocycles. The number of rotatable bonds is 77. The quantitative estimate of drug-likeness (QED) is 0.0222. The molecule has 0 aromatic carbocycles. The highest BCUT2D eigenvalue weighted by molar-refractivity contribution is 7.47. The summed E-state index contributed by atoms with van der Waals surface area (Å²) < 4.78 is 68.6. The van der Waals surface area contributed by atoms with Crippen LogP contribution in [0, 0.1) is 11.8 Å². The van der Waals surface area contributed by atoms with Crippen molar-refractivity contribution in [1.29, 1.82) is 0 Å². The number of aliphatic hydroxyl groups is 1. The molecule has 0 aliphatic carbocycles. The summed E-state index contributed by atoms with van der Waals surface area (Å²) >= 11 is 0. The molecule has 6 atom stereocenters. The van der Waals surface area contributed by atoms with Gasteiger partial charge in [-0.25, -0.2) is 9.13 Å². The molecule has 0 aromatic rings. The van der Waals surface area contributed by atoms with Gasteiger partial charge in [-0.2, -0.15) is 0 Å². The molecule has 0 saturated carbocycles. The summed E-state index contributed by atoms with van der Waals surface area (Å²) in [5.41, 5.74) is 0. The van der Waals surface area contributed by atoms with Crippen molar-refractivity contribution < 1.29 is 80.2 Å². The number of esters is 4. The first-order valence-electron chi connectivity index (χ1n) is 40.5. The molecule has 0 fully saturated rings. The van der Waals surface area contributed by atoms with Crippen LogP contribution in [-0.4, -0.2) is 96.7 Å². The van der Waals surface area contributed by atoms with E-state index >= 15 is 0 Å². The van der Waals surface area contributed by atoms with E-state index in [0.29, 0.717) is 25.7 Å². The Bertz CT molecular complexity index is 1870. The molecule has 0 saturated heterocycles. The van der Waals surface area contributed by atoms with Crippen LogP contribution in [0.3, 0.4) is 0 Å². The van der Waals surface area contributed by atoms with E-state index in [1.807, 2.05) is 0 Å². The number of hydrogen-bond donors (Lipinski definition) is 3. The Morgan fingerprint density at radius 2 is 0.526 bits per heavy atom. The highest BCUT2D eigenvalue weighted by Gasteiger charge is 2.30. The zero-order valence-corrected chi connectivity index (χ0v) is 65.2. The standard InChI is InChI=1S/C78H152O17P2/c1-7-10-12-14-16-18-20-22-23-27-31-37-43-49-55-61-76(81)89-66-73(94-77(82)62-56-50-44-38-32-28-25-24-26-29-35-41-47-53-59-71(6)9-3)68-92-96(84,85)90-64-72(79)65-91-97(86,87)93-69-74(95-78(83)63-57-51-45-39-33-34-40-46-52-58-70(4)5)67-88-75(80)60-54-48-42-36-30-21-19-17-15-13-11-8-2/h70-74,79H,7-69H2,1-6H3,(H,84,85)(H,86,87)/t71?,72-,73-,74-/m1/s1. The lowest BCUT2D eigenvalue weighted by Crippen LogP contribution is -2.30. The smallest absolute Gasteiger partial charge is 0.462 e. The second kappa shape index (κ2) is 69.8. The van der Waals surface area contributed by atoms with Crippen molar-refractivity contribution >= 4 is 39.5 Å². The molecule has 0 amide bonds. The van der Waals surface area contributed by atoms with E-state index < -0.39 is 97.5 Å². The Labute approximate surface area is 594 Å². The van der Waals surface area contributed by atoms with Crippen molar-refractivity contribution in [3.05, 3.63) is 0 Å². The van der Waals surface area contributed by atoms with Crippen LogP contribution in [0.5, 0.6) is 0 Å². The van der Waals surface area contributed by atoms with Gasteiger partial charge in [-0.3, -0.25) is 37.3 Å². The lowest BCUT2D eigenvalue weighted by Gasteiger charge is -2.21. The van der Waals surface area contributed by atoms with Gasteiger partial charge in [0.25, 0.3) is 0 Å². The second-order valence-electron chi connectivity index (χ2n) is 28.8. The topological polar surface area (TPSA) is 237 Å². The molecule has 97 heavy (non-hydrogen) atoms. The summed E-state index contributed by atoms with van der Waals surface area (Å²) in [4.78, 5) is 72.9. The van der Waals surface area contributed by atoms with E-state index in [1.165, 1.54) is 225 Å². The summed E-state index contributed by atoms with van der Waals surface area (Å²) in [6.45, 7) is 9.65. The van der Waals surface area contributed by atoms with Gasteiger partial charge in [-0.15, -0.1) is 0 Å². The van der Waals surface area contributed by atoms with Gasteiger partial charge in [0.2, 0.25) is 0 Å². The van der Waals surface area contributed by atoms with Crippen LogP contribution in [0.1, 0.15) is 408 Å². The van der Waals surface area contributed by atoms with Gasteiger partial charge >= 0.3 is 39.5 Å². The summed E-state index contributed by atoms with van der Waals surface area (Å²) in [5, 5.41) is 10.6. The third-order valence-electron chi connectivity index (χ3n) is 18.6. The minimum Gasteiger partial charge on any atom is -0.462 e. The van der Waals surface area contributed by atoms with Gasteiger partial charge in [0.15, 0.2) is 12.2 Å². The van der Waals surface area contributed by atoms with Crippen molar-refractivity contribution in [3.8, 4) is 0 Å². The lowest BCUT2D eigenvalue weighted by atomic mass is 9.99. The van der Waals surface area contributed by atoms with E-state index in [9.17, 15) is 43.2 Å². The fourth-order valence-electron chi connectivity index (χ4n) is 12.0. The molecule has 0 spiro atoms. The number of aliphatic hydroxyl groups excluding tert-OH is 1. The summed E-state index contributed by atoms with van der Waals surface area (Å²) in [7, 11) is -9.91. The van der Waals surface area contributed by atoms with E-state index in [-0.39, 0.29) is 25.7 Å². The van der Waals surface area contributed by atoms with E-state index in [4.69, 9.17) is 37.0 Å². The number of phosphoric ester groups is 2. The average molecular weight is 1420 g/mol. The highest BCUT2D eigenvalue weighted by Crippen LogP contribution is 2.45. The number of unbranched alkanes of at least 4 members (excludes halogenated alkanes) is 46. The van der Waals surface area contributed by atoms with E-state index in [0.717, 1.165) is 102 Å².